The number of aromatic nitrogens is 1. The third kappa shape index (κ3) is 3.08. The van der Waals surface area contributed by atoms with Crippen LogP contribution in [0, 0.1) is 0 Å². The highest BCUT2D eigenvalue weighted by Crippen LogP contribution is 2.25. The minimum Gasteiger partial charge on any atom is -0.494 e. The first-order valence-electron chi connectivity index (χ1n) is 6.30. The summed E-state index contributed by atoms with van der Waals surface area (Å²) in [7, 11) is 1.50. The van der Waals surface area contributed by atoms with E-state index in [2.05, 4.69) is 17.2 Å². The number of hydrogen-bond acceptors (Lipinski definition) is 5. The number of aryl methyl sites for hydroxylation is 1. The molecule has 0 spiro atoms. The Morgan fingerprint density at radius 3 is 2.95 bits per heavy atom. The van der Waals surface area contributed by atoms with Crippen LogP contribution in [-0.2, 0) is 13.0 Å². The zero-order valence-corrected chi connectivity index (χ0v) is 12.3. The number of nitrogen functional groups attached to an aromatic ring is 1. The average molecular weight is 291 g/mol. The van der Waals surface area contributed by atoms with Crippen LogP contribution in [0.2, 0.25) is 0 Å². The fourth-order valence-electron chi connectivity index (χ4n) is 1.81. The third-order valence-electron chi connectivity index (χ3n) is 2.84. The van der Waals surface area contributed by atoms with Crippen molar-refractivity contribution in [1.82, 2.24) is 10.3 Å². The summed E-state index contributed by atoms with van der Waals surface area (Å²) in [5, 5.41) is 3.72. The van der Waals surface area contributed by atoms with Crippen molar-refractivity contribution in [3.63, 3.8) is 0 Å². The van der Waals surface area contributed by atoms with Crippen LogP contribution in [-0.4, -0.2) is 18.0 Å². The van der Waals surface area contributed by atoms with E-state index in [1.807, 2.05) is 6.20 Å². The Kier molecular flexibility index (Phi) is 4.57. The number of carbonyl (C=O) groups is 1. The lowest BCUT2D eigenvalue weighted by atomic mass is 10.1. The van der Waals surface area contributed by atoms with Crippen LogP contribution in [0.5, 0.6) is 5.75 Å². The molecule has 2 aromatic rings. The predicted octanol–water partition coefficient (Wildman–Crippen LogP) is 2.23. The number of thiazole rings is 1. The third-order valence-corrected chi connectivity index (χ3v) is 3.99. The Bertz CT molecular complexity index is 610. The van der Waals surface area contributed by atoms with Gasteiger partial charge in [0.1, 0.15) is 5.01 Å². The summed E-state index contributed by atoms with van der Waals surface area (Å²) in [5.74, 6) is 0.181. The van der Waals surface area contributed by atoms with E-state index in [1.54, 1.807) is 29.5 Å². The van der Waals surface area contributed by atoms with Crippen LogP contribution in [0.3, 0.4) is 0 Å². The van der Waals surface area contributed by atoms with Crippen LogP contribution in [0.15, 0.2) is 24.4 Å². The van der Waals surface area contributed by atoms with E-state index < -0.39 is 0 Å². The van der Waals surface area contributed by atoms with Crippen molar-refractivity contribution < 1.29 is 9.53 Å². The standard InChI is InChI=1S/C14H17N3O2S/c1-3-9-7-16-12(20-9)8-17-14(18)10-5-4-6-11(15)13(10)19-2/h4-7H,3,8,15H2,1-2H3,(H,17,18). The molecule has 1 heterocycles. The van der Waals surface area contributed by atoms with E-state index in [0.29, 0.717) is 23.5 Å². The Balaban J connectivity index is 2.07. The van der Waals surface area contributed by atoms with E-state index in [1.165, 1.54) is 12.0 Å². The molecule has 0 aliphatic rings. The Morgan fingerprint density at radius 2 is 2.30 bits per heavy atom. The summed E-state index contributed by atoms with van der Waals surface area (Å²) in [6.07, 6.45) is 2.79. The van der Waals surface area contributed by atoms with E-state index in [9.17, 15) is 4.79 Å². The quantitative estimate of drug-likeness (QED) is 0.828. The molecule has 0 saturated heterocycles. The van der Waals surface area contributed by atoms with Crippen molar-refractivity contribution in [3.8, 4) is 5.75 Å². The molecule has 0 aliphatic heterocycles. The number of benzene rings is 1. The summed E-state index contributed by atoms with van der Waals surface area (Å²) in [6, 6.07) is 5.11. The first-order chi connectivity index (χ1) is 9.65. The number of nitrogens with one attached hydrogen (secondary N) is 1. The summed E-state index contributed by atoms with van der Waals surface area (Å²) in [6.45, 7) is 2.48. The van der Waals surface area contributed by atoms with Gasteiger partial charge in [-0.15, -0.1) is 11.3 Å². The number of para-hydroxylation sites is 1. The van der Waals surface area contributed by atoms with Crippen molar-refractivity contribution in [1.29, 1.82) is 0 Å². The van der Waals surface area contributed by atoms with Gasteiger partial charge in [-0.1, -0.05) is 13.0 Å². The van der Waals surface area contributed by atoms with Crippen molar-refractivity contribution >= 4 is 22.9 Å². The lowest BCUT2D eigenvalue weighted by Crippen LogP contribution is -2.23. The van der Waals surface area contributed by atoms with Gasteiger partial charge in [0, 0.05) is 11.1 Å². The van der Waals surface area contributed by atoms with Crippen molar-refractivity contribution in [2.75, 3.05) is 12.8 Å². The molecule has 1 aromatic heterocycles. The van der Waals surface area contributed by atoms with Crippen molar-refractivity contribution in [2.45, 2.75) is 19.9 Å². The number of anilines is 1. The molecule has 0 aliphatic carbocycles. The molecule has 20 heavy (non-hydrogen) atoms. The van der Waals surface area contributed by atoms with Gasteiger partial charge in [-0.3, -0.25) is 4.79 Å². The molecule has 1 amide bonds. The largest absolute Gasteiger partial charge is 0.494 e. The van der Waals surface area contributed by atoms with Gasteiger partial charge in [-0.05, 0) is 18.6 Å². The summed E-state index contributed by atoms with van der Waals surface area (Å²) >= 11 is 1.60. The summed E-state index contributed by atoms with van der Waals surface area (Å²) in [5.41, 5.74) is 6.66. The van der Waals surface area contributed by atoms with E-state index >= 15 is 0 Å². The molecule has 0 fully saturated rings. The Labute approximate surface area is 121 Å². The molecular formula is C14H17N3O2S. The fraction of sp³-hybridized carbons (Fsp3) is 0.286. The Morgan fingerprint density at radius 1 is 1.50 bits per heavy atom. The monoisotopic (exact) mass is 291 g/mol. The van der Waals surface area contributed by atoms with Crippen LogP contribution < -0.4 is 15.8 Å². The molecule has 0 bridgehead atoms. The van der Waals surface area contributed by atoms with Gasteiger partial charge in [-0.25, -0.2) is 4.98 Å². The van der Waals surface area contributed by atoms with E-state index in [4.69, 9.17) is 10.5 Å². The van der Waals surface area contributed by atoms with Gasteiger partial charge in [0.05, 0.1) is 24.9 Å². The second-order valence-corrected chi connectivity index (χ2v) is 5.38. The molecule has 5 nitrogen and oxygen atoms in total. The van der Waals surface area contributed by atoms with Crippen LogP contribution in [0.25, 0.3) is 0 Å². The Hall–Kier alpha value is -2.08. The highest BCUT2D eigenvalue weighted by atomic mass is 32.1. The summed E-state index contributed by atoms with van der Waals surface area (Å²) in [4.78, 5) is 17.6. The number of methoxy groups -OCH3 is 1. The van der Waals surface area contributed by atoms with Crippen LogP contribution >= 0.6 is 11.3 Å². The van der Waals surface area contributed by atoms with Crippen molar-refractivity contribution in [3.05, 3.63) is 39.8 Å². The van der Waals surface area contributed by atoms with Gasteiger partial charge >= 0.3 is 0 Å². The maximum absolute atomic E-state index is 12.2. The first-order valence-corrected chi connectivity index (χ1v) is 7.11. The zero-order chi connectivity index (χ0) is 14.5. The SMILES string of the molecule is CCc1cnc(CNC(=O)c2cccc(N)c2OC)s1. The number of amides is 1. The molecular weight excluding hydrogens is 274 g/mol. The number of rotatable bonds is 5. The van der Waals surface area contributed by atoms with E-state index in [0.717, 1.165) is 11.4 Å². The molecule has 0 saturated carbocycles. The molecule has 0 radical (unpaired) electrons. The minimum atomic E-state index is -0.220. The first kappa shape index (κ1) is 14.3. The topological polar surface area (TPSA) is 77.2 Å². The van der Waals surface area contributed by atoms with Crippen LogP contribution in [0.1, 0.15) is 27.2 Å². The van der Waals surface area contributed by atoms with Gasteiger partial charge in [-0.2, -0.15) is 0 Å². The van der Waals surface area contributed by atoms with E-state index in [-0.39, 0.29) is 5.91 Å². The normalized spacial score (nSPS) is 10.3. The second-order valence-electron chi connectivity index (χ2n) is 4.18. The number of hydrogen-bond donors (Lipinski definition) is 2. The number of ether oxygens (including phenoxy) is 1. The fourth-order valence-corrected chi connectivity index (χ4v) is 2.61. The molecule has 2 rings (SSSR count). The number of nitrogens with two attached hydrogens (primary N) is 1. The molecule has 6 heteroatoms. The average Bonchev–Trinajstić information content (AvgIpc) is 2.92. The molecule has 0 atom stereocenters. The van der Waals surface area contributed by atoms with Crippen LogP contribution in [0.4, 0.5) is 5.69 Å². The molecule has 0 unspecified atom stereocenters. The second kappa shape index (κ2) is 6.38. The van der Waals surface area contributed by atoms with Gasteiger partial charge < -0.3 is 15.8 Å². The summed E-state index contributed by atoms with van der Waals surface area (Å²) < 4.78 is 5.17. The highest BCUT2D eigenvalue weighted by molar-refractivity contribution is 7.11. The predicted molar refractivity (Wildman–Crippen MR) is 80.1 cm³/mol. The molecule has 106 valence electrons. The maximum atomic E-state index is 12.2. The van der Waals surface area contributed by atoms with Gasteiger partial charge in [0.25, 0.3) is 5.91 Å². The molecule has 3 N–H and O–H groups in total. The van der Waals surface area contributed by atoms with Gasteiger partial charge in [0.2, 0.25) is 0 Å². The number of nitrogens with zero attached hydrogens (tertiary/aromatic N) is 1. The van der Waals surface area contributed by atoms with Crippen molar-refractivity contribution in [2.24, 2.45) is 0 Å². The maximum Gasteiger partial charge on any atom is 0.255 e. The highest BCUT2D eigenvalue weighted by Gasteiger charge is 2.14. The smallest absolute Gasteiger partial charge is 0.255 e. The number of carbonyl (C=O) groups excluding carboxylic acids is 1. The molecule has 1 aromatic carbocycles. The lowest BCUT2D eigenvalue weighted by Gasteiger charge is -2.10. The minimum absolute atomic E-state index is 0.220. The lowest BCUT2D eigenvalue weighted by molar-refractivity contribution is 0.0948. The zero-order valence-electron chi connectivity index (χ0n) is 11.5. The van der Waals surface area contributed by atoms with Gasteiger partial charge in [0.15, 0.2) is 5.75 Å².